The zero-order chi connectivity index (χ0) is 16.2. The molecular formula is C19H31N3O. The van der Waals surface area contributed by atoms with Crippen LogP contribution >= 0.6 is 0 Å². The van der Waals surface area contributed by atoms with E-state index in [0.717, 1.165) is 39.1 Å². The lowest BCUT2D eigenvalue weighted by atomic mass is 9.94. The molecule has 4 nitrogen and oxygen atoms in total. The van der Waals surface area contributed by atoms with Gasteiger partial charge in [0.15, 0.2) is 0 Å². The monoisotopic (exact) mass is 317 g/mol. The fourth-order valence-electron chi connectivity index (χ4n) is 4.02. The van der Waals surface area contributed by atoms with Crippen LogP contribution in [0.4, 0.5) is 0 Å². The van der Waals surface area contributed by atoms with Crippen LogP contribution in [0.2, 0.25) is 0 Å². The molecule has 0 saturated carbocycles. The zero-order valence-corrected chi connectivity index (χ0v) is 14.5. The van der Waals surface area contributed by atoms with Gasteiger partial charge in [-0.1, -0.05) is 31.2 Å². The van der Waals surface area contributed by atoms with E-state index in [0.29, 0.717) is 18.5 Å². The standard InChI is InChI=1S/C19H31N3O/c1-15-12-21(2)9-8-19(15)20-11-18(23)14-22-10-7-16-5-3-4-6-17(16)13-22/h3-6,15,18-20,23H,7-14H2,1-2H3. The van der Waals surface area contributed by atoms with E-state index in [4.69, 9.17) is 0 Å². The van der Waals surface area contributed by atoms with Gasteiger partial charge in [-0.05, 0) is 43.5 Å². The second-order valence-corrected chi connectivity index (χ2v) is 7.45. The molecule has 2 heterocycles. The van der Waals surface area contributed by atoms with Crippen LogP contribution in [0.15, 0.2) is 24.3 Å². The van der Waals surface area contributed by atoms with E-state index in [1.54, 1.807) is 0 Å². The molecule has 2 aliphatic rings. The van der Waals surface area contributed by atoms with Crippen molar-refractivity contribution in [3.05, 3.63) is 35.4 Å². The Morgan fingerprint density at radius 3 is 2.83 bits per heavy atom. The van der Waals surface area contributed by atoms with Gasteiger partial charge in [-0.3, -0.25) is 4.90 Å². The van der Waals surface area contributed by atoms with E-state index in [-0.39, 0.29) is 6.10 Å². The summed E-state index contributed by atoms with van der Waals surface area (Å²) >= 11 is 0. The Kier molecular flexibility index (Phi) is 5.70. The first-order valence-electron chi connectivity index (χ1n) is 9.01. The topological polar surface area (TPSA) is 38.7 Å². The minimum atomic E-state index is -0.285. The van der Waals surface area contributed by atoms with Gasteiger partial charge in [0.25, 0.3) is 0 Å². The number of aliphatic hydroxyl groups is 1. The molecule has 3 atom stereocenters. The highest BCUT2D eigenvalue weighted by atomic mass is 16.3. The molecule has 1 fully saturated rings. The molecule has 1 saturated heterocycles. The minimum absolute atomic E-state index is 0.285. The first-order valence-corrected chi connectivity index (χ1v) is 9.01. The molecule has 23 heavy (non-hydrogen) atoms. The van der Waals surface area contributed by atoms with Gasteiger partial charge in [0.2, 0.25) is 0 Å². The molecule has 0 aliphatic carbocycles. The number of β-amino-alcohol motifs (C(OH)–C–C–N with tert-alkyl or cyclic N) is 1. The lowest BCUT2D eigenvalue weighted by molar-refractivity contribution is 0.0926. The third-order valence-electron chi connectivity index (χ3n) is 5.40. The summed E-state index contributed by atoms with van der Waals surface area (Å²) in [5.74, 6) is 0.655. The van der Waals surface area contributed by atoms with Crippen LogP contribution in [0.3, 0.4) is 0 Å². The van der Waals surface area contributed by atoms with Crippen molar-refractivity contribution in [1.29, 1.82) is 0 Å². The number of aliphatic hydroxyl groups excluding tert-OH is 1. The molecule has 3 rings (SSSR count). The first kappa shape index (κ1) is 16.9. The maximum absolute atomic E-state index is 10.4. The van der Waals surface area contributed by atoms with Gasteiger partial charge in [0, 0.05) is 38.8 Å². The van der Waals surface area contributed by atoms with Crippen LogP contribution in [-0.2, 0) is 13.0 Å². The Bertz CT molecular complexity index is 507. The van der Waals surface area contributed by atoms with E-state index < -0.39 is 0 Å². The summed E-state index contributed by atoms with van der Waals surface area (Å²) in [4.78, 5) is 4.78. The van der Waals surface area contributed by atoms with Crippen molar-refractivity contribution in [3.8, 4) is 0 Å². The molecule has 0 aromatic heterocycles. The zero-order valence-electron chi connectivity index (χ0n) is 14.5. The van der Waals surface area contributed by atoms with Gasteiger partial charge >= 0.3 is 0 Å². The lowest BCUT2D eigenvalue weighted by Crippen LogP contribution is -2.50. The maximum atomic E-state index is 10.4. The molecule has 4 heteroatoms. The van der Waals surface area contributed by atoms with E-state index >= 15 is 0 Å². The van der Waals surface area contributed by atoms with Gasteiger partial charge < -0.3 is 15.3 Å². The lowest BCUT2D eigenvalue weighted by Gasteiger charge is -2.36. The first-order chi connectivity index (χ1) is 11.1. The SMILES string of the molecule is CC1CN(C)CCC1NCC(O)CN1CCc2ccccc2C1. The van der Waals surface area contributed by atoms with Crippen molar-refractivity contribution in [1.82, 2.24) is 15.1 Å². The van der Waals surface area contributed by atoms with Crippen LogP contribution in [0.25, 0.3) is 0 Å². The Morgan fingerprint density at radius 2 is 2.04 bits per heavy atom. The summed E-state index contributed by atoms with van der Waals surface area (Å²) < 4.78 is 0. The van der Waals surface area contributed by atoms with Crippen molar-refractivity contribution in [2.75, 3.05) is 39.8 Å². The molecule has 2 aliphatic heterocycles. The average molecular weight is 317 g/mol. The molecule has 1 aromatic carbocycles. The number of nitrogens with zero attached hydrogens (tertiary/aromatic N) is 2. The predicted molar refractivity (Wildman–Crippen MR) is 94.5 cm³/mol. The molecule has 0 spiro atoms. The van der Waals surface area contributed by atoms with E-state index in [2.05, 4.69) is 53.4 Å². The summed E-state index contributed by atoms with van der Waals surface area (Å²) in [6, 6.07) is 9.22. The molecule has 1 aromatic rings. The Balaban J connectivity index is 1.42. The molecule has 128 valence electrons. The highest BCUT2D eigenvalue weighted by Crippen LogP contribution is 2.19. The van der Waals surface area contributed by atoms with Crippen LogP contribution < -0.4 is 5.32 Å². The molecule has 0 bridgehead atoms. The van der Waals surface area contributed by atoms with Gasteiger partial charge in [0.1, 0.15) is 0 Å². The third kappa shape index (κ3) is 4.54. The number of likely N-dealkylation sites (tertiary alicyclic amines) is 1. The van der Waals surface area contributed by atoms with E-state index in [9.17, 15) is 5.11 Å². The second kappa shape index (κ2) is 7.75. The maximum Gasteiger partial charge on any atom is 0.0791 e. The number of hydrogen-bond acceptors (Lipinski definition) is 4. The van der Waals surface area contributed by atoms with Crippen molar-refractivity contribution < 1.29 is 5.11 Å². The number of fused-ring (bicyclic) bond motifs is 1. The van der Waals surface area contributed by atoms with Crippen LogP contribution in [0.1, 0.15) is 24.5 Å². The third-order valence-corrected chi connectivity index (χ3v) is 5.40. The quantitative estimate of drug-likeness (QED) is 0.859. The van der Waals surface area contributed by atoms with Gasteiger partial charge in [-0.15, -0.1) is 0 Å². The molecule has 2 N–H and O–H groups in total. The minimum Gasteiger partial charge on any atom is -0.390 e. The van der Waals surface area contributed by atoms with Gasteiger partial charge in [0.05, 0.1) is 6.10 Å². The number of piperidine rings is 1. The largest absolute Gasteiger partial charge is 0.390 e. The number of hydrogen-bond donors (Lipinski definition) is 2. The molecule has 3 unspecified atom stereocenters. The predicted octanol–water partition coefficient (Wildman–Crippen LogP) is 1.34. The van der Waals surface area contributed by atoms with Crippen LogP contribution in [0, 0.1) is 5.92 Å². The summed E-state index contributed by atoms with van der Waals surface area (Å²) in [5, 5.41) is 14.0. The Labute approximate surface area is 140 Å². The van der Waals surface area contributed by atoms with Crippen LogP contribution in [-0.4, -0.2) is 66.8 Å². The summed E-state index contributed by atoms with van der Waals surface area (Å²) in [6.07, 6.45) is 2.00. The smallest absolute Gasteiger partial charge is 0.0791 e. The fourth-order valence-corrected chi connectivity index (χ4v) is 4.02. The summed E-state index contributed by atoms with van der Waals surface area (Å²) in [7, 11) is 2.19. The number of nitrogens with one attached hydrogen (secondary N) is 1. The van der Waals surface area contributed by atoms with Gasteiger partial charge in [-0.25, -0.2) is 0 Å². The highest BCUT2D eigenvalue weighted by Gasteiger charge is 2.25. The Hall–Kier alpha value is -0.940. The van der Waals surface area contributed by atoms with Crippen molar-refractivity contribution in [2.24, 2.45) is 5.92 Å². The highest BCUT2D eigenvalue weighted by molar-refractivity contribution is 5.29. The average Bonchev–Trinajstić information content (AvgIpc) is 2.54. The number of rotatable bonds is 5. The second-order valence-electron chi connectivity index (χ2n) is 7.45. The molecular weight excluding hydrogens is 286 g/mol. The van der Waals surface area contributed by atoms with Crippen molar-refractivity contribution in [2.45, 2.75) is 38.5 Å². The fraction of sp³-hybridized carbons (Fsp3) is 0.684. The van der Waals surface area contributed by atoms with Crippen molar-refractivity contribution in [3.63, 3.8) is 0 Å². The molecule has 0 radical (unpaired) electrons. The van der Waals surface area contributed by atoms with Crippen molar-refractivity contribution >= 4 is 0 Å². The normalized spacial score (nSPS) is 27.6. The number of benzene rings is 1. The Morgan fingerprint density at radius 1 is 1.26 bits per heavy atom. The van der Waals surface area contributed by atoms with E-state index in [1.807, 2.05) is 0 Å². The van der Waals surface area contributed by atoms with Gasteiger partial charge in [-0.2, -0.15) is 0 Å². The summed E-state index contributed by atoms with van der Waals surface area (Å²) in [6.45, 7) is 8.11. The summed E-state index contributed by atoms with van der Waals surface area (Å²) in [5.41, 5.74) is 2.89. The molecule has 0 amide bonds. The van der Waals surface area contributed by atoms with Crippen LogP contribution in [0.5, 0.6) is 0 Å². The van der Waals surface area contributed by atoms with E-state index in [1.165, 1.54) is 17.5 Å².